The maximum absolute atomic E-state index is 12.7. The van der Waals surface area contributed by atoms with Crippen molar-refractivity contribution in [2.45, 2.75) is 18.2 Å². The molecular formula is C8H5ClF2N2O2S. The molecule has 0 saturated heterocycles. The maximum Gasteiger partial charge on any atom is 0.265 e. The highest BCUT2D eigenvalue weighted by atomic mass is 35.7. The fourth-order valence-electron chi connectivity index (χ4n) is 1.18. The van der Waals surface area contributed by atoms with E-state index in [2.05, 4.69) is 4.98 Å². The first-order chi connectivity index (χ1) is 7.29. The third kappa shape index (κ3) is 2.28. The van der Waals surface area contributed by atoms with Crippen LogP contribution >= 0.6 is 10.7 Å². The zero-order valence-electron chi connectivity index (χ0n) is 7.91. The molecule has 0 aliphatic carbocycles. The van der Waals surface area contributed by atoms with E-state index in [0.29, 0.717) is 6.20 Å². The zero-order valence-corrected chi connectivity index (χ0v) is 9.48. The van der Waals surface area contributed by atoms with Crippen LogP contribution in [0.1, 0.15) is 23.2 Å². The van der Waals surface area contributed by atoms with Crippen LogP contribution < -0.4 is 0 Å². The number of rotatable bonds is 2. The molecule has 8 heteroatoms. The summed E-state index contributed by atoms with van der Waals surface area (Å²) >= 11 is 0. The van der Waals surface area contributed by atoms with Crippen molar-refractivity contribution in [1.82, 2.24) is 4.98 Å². The first-order valence-electron chi connectivity index (χ1n) is 3.91. The van der Waals surface area contributed by atoms with Gasteiger partial charge in [0.1, 0.15) is 16.7 Å². The van der Waals surface area contributed by atoms with Crippen LogP contribution in [0.15, 0.2) is 11.1 Å². The zero-order chi connectivity index (χ0) is 12.5. The maximum atomic E-state index is 12.7. The minimum atomic E-state index is -4.31. The van der Waals surface area contributed by atoms with E-state index in [1.807, 2.05) is 0 Å². The summed E-state index contributed by atoms with van der Waals surface area (Å²) in [6.07, 6.45) is -2.38. The van der Waals surface area contributed by atoms with Gasteiger partial charge in [-0.1, -0.05) is 0 Å². The summed E-state index contributed by atoms with van der Waals surface area (Å²) in [4.78, 5) is 2.68. The van der Waals surface area contributed by atoms with Gasteiger partial charge in [0.05, 0.1) is 0 Å². The van der Waals surface area contributed by atoms with Crippen LogP contribution in [0, 0.1) is 18.3 Å². The molecule has 1 aromatic rings. The van der Waals surface area contributed by atoms with Crippen LogP contribution in [0.2, 0.25) is 0 Å². The molecule has 0 bridgehead atoms. The minimum Gasteiger partial charge on any atom is -0.244 e. The van der Waals surface area contributed by atoms with Crippen molar-refractivity contribution in [3.05, 3.63) is 23.0 Å². The smallest absolute Gasteiger partial charge is 0.244 e. The molecule has 0 aliphatic heterocycles. The molecule has 1 heterocycles. The van der Waals surface area contributed by atoms with E-state index >= 15 is 0 Å². The number of nitriles is 1. The number of hydrogen-bond donors (Lipinski definition) is 0. The second-order valence-electron chi connectivity index (χ2n) is 2.86. The van der Waals surface area contributed by atoms with E-state index in [1.165, 1.54) is 6.92 Å². The van der Waals surface area contributed by atoms with Crippen molar-refractivity contribution in [3.8, 4) is 6.07 Å². The first kappa shape index (κ1) is 12.8. The molecule has 0 spiro atoms. The van der Waals surface area contributed by atoms with E-state index in [-0.39, 0.29) is 11.3 Å². The molecule has 86 valence electrons. The molecule has 1 rings (SSSR count). The van der Waals surface area contributed by atoms with Gasteiger partial charge < -0.3 is 0 Å². The van der Waals surface area contributed by atoms with E-state index in [4.69, 9.17) is 15.9 Å². The monoisotopic (exact) mass is 266 g/mol. The Labute approximate surface area is 94.9 Å². The molecule has 0 radical (unpaired) electrons. The molecule has 0 fully saturated rings. The minimum absolute atomic E-state index is 0.181. The van der Waals surface area contributed by atoms with Crippen molar-refractivity contribution in [3.63, 3.8) is 0 Å². The molecule has 0 N–H and O–H groups in total. The van der Waals surface area contributed by atoms with Crippen molar-refractivity contribution in [2.75, 3.05) is 0 Å². The summed E-state index contributed by atoms with van der Waals surface area (Å²) in [6, 6.07) is 1.59. The van der Waals surface area contributed by atoms with Crippen LogP contribution in [0.3, 0.4) is 0 Å². The van der Waals surface area contributed by atoms with Crippen molar-refractivity contribution >= 4 is 19.7 Å². The van der Waals surface area contributed by atoms with E-state index in [0.717, 1.165) is 0 Å². The average molecular weight is 267 g/mol. The van der Waals surface area contributed by atoms with Crippen LogP contribution in [0.4, 0.5) is 8.78 Å². The number of pyridine rings is 1. The molecule has 0 aromatic carbocycles. The third-order valence-corrected chi connectivity index (χ3v) is 3.27. The van der Waals surface area contributed by atoms with Gasteiger partial charge in [0.15, 0.2) is 0 Å². The molecule has 0 amide bonds. The standard InChI is InChI=1S/C8H5ClF2N2O2S/c1-4-5(2-12)13-3-6(16(9,14)15)7(4)8(10)11/h3,8H,1H3. The van der Waals surface area contributed by atoms with Gasteiger partial charge >= 0.3 is 0 Å². The summed E-state index contributed by atoms with van der Waals surface area (Å²) in [6.45, 7) is 1.19. The third-order valence-electron chi connectivity index (χ3n) is 1.92. The predicted octanol–water partition coefficient (Wildman–Crippen LogP) is 2.13. The Balaban J connectivity index is 3.69. The molecule has 1 aromatic heterocycles. The molecule has 0 atom stereocenters. The number of halogens is 3. The summed E-state index contributed by atoms with van der Waals surface area (Å²) in [5.74, 6) is 0. The molecule has 4 nitrogen and oxygen atoms in total. The highest BCUT2D eigenvalue weighted by molar-refractivity contribution is 8.13. The molecular weight excluding hydrogens is 262 g/mol. The van der Waals surface area contributed by atoms with Crippen LogP contribution in [0.25, 0.3) is 0 Å². The second-order valence-corrected chi connectivity index (χ2v) is 5.39. The summed E-state index contributed by atoms with van der Waals surface area (Å²) in [7, 11) is 0.686. The van der Waals surface area contributed by atoms with Crippen molar-refractivity contribution < 1.29 is 17.2 Å². The lowest BCUT2D eigenvalue weighted by Crippen LogP contribution is -2.05. The molecule has 0 aliphatic rings. The van der Waals surface area contributed by atoms with Crippen molar-refractivity contribution in [1.29, 1.82) is 5.26 Å². The fraction of sp³-hybridized carbons (Fsp3) is 0.250. The van der Waals surface area contributed by atoms with Crippen LogP contribution in [0.5, 0.6) is 0 Å². The quantitative estimate of drug-likeness (QED) is 0.769. The number of aromatic nitrogens is 1. The van der Waals surface area contributed by atoms with Gasteiger partial charge in [0, 0.05) is 22.4 Å². The summed E-state index contributed by atoms with van der Waals surface area (Å²) in [5.41, 5.74) is -1.21. The lowest BCUT2D eigenvalue weighted by molar-refractivity contribution is 0.147. The van der Waals surface area contributed by atoms with Gasteiger partial charge in [-0.3, -0.25) is 0 Å². The Morgan fingerprint density at radius 1 is 1.56 bits per heavy atom. The Hall–Kier alpha value is -1.26. The van der Waals surface area contributed by atoms with Gasteiger partial charge in [-0.2, -0.15) is 5.26 Å². The Kier molecular flexibility index (Phi) is 3.45. The fourth-order valence-corrected chi connectivity index (χ4v) is 2.23. The lowest BCUT2D eigenvalue weighted by atomic mass is 10.1. The van der Waals surface area contributed by atoms with E-state index in [9.17, 15) is 17.2 Å². The first-order valence-corrected chi connectivity index (χ1v) is 6.22. The molecule has 0 saturated carbocycles. The Morgan fingerprint density at radius 3 is 2.50 bits per heavy atom. The summed E-state index contributed by atoms with van der Waals surface area (Å²) in [5, 5.41) is 8.58. The molecule has 0 unspecified atom stereocenters. The summed E-state index contributed by atoms with van der Waals surface area (Å²) < 4.78 is 47.4. The van der Waals surface area contributed by atoms with Gasteiger partial charge in [0.2, 0.25) is 0 Å². The van der Waals surface area contributed by atoms with Crippen molar-refractivity contribution in [2.24, 2.45) is 0 Å². The Bertz CT molecular complexity index is 566. The normalized spacial score (nSPS) is 11.5. The van der Waals surface area contributed by atoms with Gasteiger partial charge in [-0.05, 0) is 12.5 Å². The highest BCUT2D eigenvalue weighted by Crippen LogP contribution is 2.31. The largest absolute Gasteiger partial charge is 0.265 e. The number of nitrogens with zero attached hydrogens (tertiary/aromatic N) is 2. The molecule has 16 heavy (non-hydrogen) atoms. The van der Waals surface area contributed by atoms with Crippen LogP contribution in [-0.4, -0.2) is 13.4 Å². The number of hydrogen-bond acceptors (Lipinski definition) is 4. The SMILES string of the molecule is Cc1c(C#N)ncc(S(=O)(=O)Cl)c1C(F)F. The van der Waals surface area contributed by atoms with E-state index < -0.39 is 25.9 Å². The predicted molar refractivity (Wildman–Crippen MR) is 51.7 cm³/mol. The van der Waals surface area contributed by atoms with Gasteiger partial charge in [-0.15, -0.1) is 0 Å². The van der Waals surface area contributed by atoms with Gasteiger partial charge in [0.25, 0.3) is 15.5 Å². The van der Waals surface area contributed by atoms with Crippen LogP contribution in [-0.2, 0) is 9.05 Å². The second kappa shape index (κ2) is 4.31. The number of alkyl halides is 2. The van der Waals surface area contributed by atoms with E-state index in [1.54, 1.807) is 6.07 Å². The Morgan fingerprint density at radius 2 is 2.12 bits per heavy atom. The lowest BCUT2D eigenvalue weighted by Gasteiger charge is -2.09. The topological polar surface area (TPSA) is 70.8 Å². The highest BCUT2D eigenvalue weighted by Gasteiger charge is 2.26. The van der Waals surface area contributed by atoms with Gasteiger partial charge in [-0.25, -0.2) is 22.2 Å². The average Bonchev–Trinajstić information content (AvgIpc) is 2.15.